The average molecular weight is 276 g/mol. The smallest absolute Gasteiger partial charge is 0.223 e. The molecule has 1 heterocycles. The molecule has 0 spiro atoms. The molecule has 1 aromatic carbocycles. The van der Waals surface area contributed by atoms with Crippen molar-refractivity contribution in [1.29, 1.82) is 0 Å². The van der Waals surface area contributed by atoms with E-state index < -0.39 is 0 Å². The minimum absolute atomic E-state index is 0.0637. The normalized spacial score (nSPS) is 27.6. The van der Waals surface area contributed by atoms with Crippen molar-refractivity contribution in [2.45, 2.75) is 57.2 Å². The van der Waals surface area contributed by atoms with Crippen molar-refractivity contribution in [2.24, 2.45) is 5.73 Å². The molecule has 1 aromatic rings. The molecule has 108 valence electrons. The Labute approximate surface area is 118 Å². The highest BCUT2D eigenvalue weighted by molar-refractivity contribution is 5.78. The third-order valence-electron chi connectivity index (χ3n) is 4.41. The van der Waals surface area contributed by atoms with Crippen molar-refractivity contribution in [3.8, 4) is 0 Å². The molecule has 0 aromatic heterocycles. The monoisotopic (exact) mass is 276 g/mol. The Balaban J connectivity index is 2.02. The molecule has 2 N–H and O–H groups in total. The molecular formula is C16H21FN2O. The van der Waals surface area contributed by atoms with Crippen molar-refractivity contribution in [3.05, 3.63) is 35.1 Å². The minimum atomic E-state index is -0.238. The van der Waals surface area contributed by atoms with Gasteiger partial charge < -0.3 is 10.6 Å². The molecule has 1 aliphatic heterocycles. The number of benzene rings is 1. The number of nitrogens with zero attached hydrogens (tertiary/aromatic N) is 1. The van der Waals surface area contributed by atoms with E-state index in [1.807, 2.05) is 11.8 Å². The van der Waals surface area contributed by atoms with Crippen LogP contribution in [0.2, 0.25) is 0 Å². The zero-order chi connectivity index (χ0) is 14.3. The first-order valence-corrected chi connectivity index (χ1v) is 7.40. The van der Waals surface area contributed by atoms with Crippen LogP contribution in [0.4, 0.5) is 4.39 Å². The lowest BCUT2D eigenvalue weighted by Gasteiger charge is -2.35. The number of hydrogen-bond acceptors (Lipinski definition) is 2. The Morgan fingerprint density at radius 2 is 2.05 bits per heavy atom. The van der Waals surface area contributed by atoms with Gasteiger partial charge in [0, 0.05) is 18.5 Å². The zero-order valence-corrected chi connectivity index (χ0v) is 11.8. The van der Waals surface area contributed by atoms with E-state index in [4.69, 9.17) is 5.73 Å². The van der Waals surface area contributed by atoms with Crippen LogP contribution in [0.3, 0.4) is 0 Å². The highest BCUT2D eigenvalue weighted by Crippen LogP contribution is 2.40. The predicted octanol–water partition coefficient (Wildman–Crippen LogP) is 2.68. The number of carbonyl (C=O) groups excluding carboxylic acids is 1. The van der Waals surface area contributed by atoms with Crippen LogP contribution in [0.25, 0.3) is 0 Å². The molecule has 0 radical (unpaired) electrons. The van der Waals surface area contributed by atoms with Gasteiger partial charge in [0.05, 0.1) is 6.04 Å². The number of hydrogen-bond donors (Lipinski definition) is 1. The molecule has 2 aliphatic rings. The van der Waals surface area contributed by atoms with E-state index in [1.165, 1.54) is 12.1 Å². The van der Waals surface area contributed by atoms with E-state index in [-0.39, 0.29) is 23.8 Å². The Bertz CT molecular complexity index is 527. The highest BCUT2D eigenvalue weighted by atomic mass is 19.1. The second-order valence-corrected chi connectivity index (χ2v) is 6.03. The van der Waals surface area contributed by atoms with Crippen LogP contribution >= 0.6 is 0 Å². The van der Waals surface area contributed by atoms with Gasteiger partial charge in [-0.1, -0.05) is 6.07 Å². The van der Waals surface area contributed by atoms with Crippen LogP contribution in [0.15, 0.2) is 18.2 Å². The lowest BCUT2D eigenvalue weighted by molar-refractivity contribution is -0.133. The van der Waals surface area contributed by atoms with Gasteiger partial charge in [0.15, 0.2) is 0 Å². The lowest BCUT2D eigenvalue weighted by Crippen LogP contribution is -2.43. The van der Waals surface area contributed by atoms with Crippen molar-refractivity contribution in [1.82, 2.24) is 4.90 Å². The van der Waals surface area contributed by atoms with Gasteiger partial charge in [-0.2, -0.15) is 0 Å². The fraction of sp³-hybridized carbons (Fsp3) is 0.562. The number of nitrogens with two attached hydrogens (primary N) is 1. The van der Waals surface area contributed by atoms with E-state index in [0.717, 1.165) is 36.8 Å². The molecule has 1 aliphatic carbocycles. The summed E-state index contributed by atoms with van der Waals surface area (Å²) in [6.45, 7) is 1.89. The van der Waals surface area contributed by atoms with Crippen LogP contribution < -0.4 is 5.73 Å². The maximum atomic E-state index is 13.3. The number of halogens is 1. The molecule has 1 amide bonds. The molecule has 4 heteroatoms. The first-order chi connectivity index (χ1) is 9.58. The predicted molar refractivity (Wildman–Crippen MR) is 75.6 cm³/mol. The van der Waals surface area contributed by atoms with Crippen molar-refractivity contribution in [2.75, 3.05) is 0 Å². The van der Waals surface area contributed by atoms with Gasteiger partial charge in [0.1, 0.15) is 5.82 Å². The van der Waals surface area contributed by atoms with E-state index in [2.05, 4.69) is 0 Å². The standard InChI is InChI=1S/C16H21FN2O/c1-10-9-11(17)5-8-13(10)16-14(18)3-2-4-15(20)19(16)12-6-7-12/h5,8-9,12,14,16H,2-4,6-7,18H2,1H3. The molecule has 3 rings (SSSR count). The molecule has 0 bridgehead atoms. The number of rotatable bonds is 2. The van der Waals surface area contributed by atoms with Gasteiger partial charge >= 0.3 is 0 Å². The first-order valence-electron chi connectivity index (χ1n) is 7.40. The van der Waals surface area contributed by atoms with Gasteiger partial charge in [-0.3, -0.25) is 4.79 Å². The second kappa shape index (κ2) is 5.17. The highest BCUT2D eigenvalue weighted by Gasteiger charge is 2.41. The molecule has 3 nitrogen and oxygen atoms in total. The van der Waals surface area contributed by atoms with Gasteiger partial charge in [-0.25, -0.2) is 4.39 Å². The number of amides is 1. The molecule has 2 fully saturated rings. The number of aryl methyl sites for hydroxylation is 1. The maximum absolute atomic E-state index is 13.3. The Morgan fingerprint density at radius 3 is 2.70 bits per heavy atom. The summed E-state index contributed by atoms with van der Waals surface area (Å²) < 4.78 is 13.3. The summed E-state index contributed by atoms with van der Waals surface area (Å²) in [4.78, 5) is 14.4. The molecule has 2 unspecified atom stereocenters. The SMILES string of the molecule is Cc1cc(F)ccc1C1C(N)CCCC(=O)N1C1CC1. The fourth-order valence-corrected chi connectivity index (χ4v) is 3.27. The Kier molecular flexibility index (Phi) is 3.50. The van der Waals surface area contributed by atoms with Crippen LogP contribution in [0.1, 0.15) is 49.3 Å². The van der Waals surface area contributed by atoms with Gasteiger partial charge in [0.25, 0.3) is 0 Å². The summed E-state index contributed by atoms with van der Waals surface area (Å²) in [7, 11) is 0. The topological polar surface area (TPSA) is 46.3 Å². The van der Waals surface area contributed by atoms with E-state index in [9.17, 15) is 9.18 Å². The van der Waals surface area contributed by atoms with Crippen molar-refractivity contribution in [3.63, 3.8) is 0 Å². The Hall–Kier alpha value is -1.42. The summed E-state index contributed by atoms with van der Waals surface area (Å²) >= 11 is 0. The minimum Gasteiger partial charge on any atom is -0.331 e. The summed E-state index contributed by atoms with van der Waals surface area (Å²) in [5.41, 5.74) is 8.23. The summed E-state index contributed by atoms with van der Waals surface area (Å²) in [6.07, 6.45) is 4.40. The third-order valence-corrected chi connectivity index (χ3v) is 4.41. The maximum Gasteiger partial charge on any atom is 0.223 e. The van der Waals surface area contributed by atoms with E-state index in [1.54, 1.807) is 6.07 Å². The van der Waals surface area contributed by atoms with E-state index >= 15 is 0 Å². The number of likely N-dealkylation sites (tertiary alicyclic amines) is 1. The van der Waals surface area contributed by atoms with Gasteiger partial charge in [-0.15, -0.1) is 0 Å². The molecule has 2 atom stereocenters. The number of carbonyl (C=O) groups is 1. The quantitative estimate of drug-likeness (QED) is 0.902. The third kappa shape index (κ3) is 2.44. The van der Waals surface area contributed by atoms with Crippen LogP contribution in [0, 0.1) is 12.7 Å². The van der Waals surface area contributed by atoms with Gasteiger partial charge in [-0.05, 0) is 55.9 Å². The first kappa shape index (κ1) is 13.6. The lowest BCUT2D eigenvalue weighted by atomic mass is 9.92. The van der Waals surface area contributed by atoms with Crippen molar-refractivity contribution < 1.29 is 9.18 Å². The average Bonchev–Trinajstić information content (AvgIpc) is 3.20. The Morgan fingerprint density at radius 1 is 1.30 bits per heavy atom. The summed E-state index contributed by atoms with van der Waals surface area (Å²) in [5.74, 6) is -0.0353. The fourth-order valence-electron chi connectivity index (χ4n) is 3.27. The summed E-state index contributed by atoms with van der Waals surface area (Å²) in [5, 5.41) is 0. The molecular weight excluding hydrogens is 255 g/mol. The van der Waals surface area contributed by atoms with Crippen LogP contribution in [0.5, 0.6) is 0 Å². The zero-order valence-electron chi connectivity index (χ0n) is 11.8. The summed E-state index contributed by atoms with van der Waals surface area (Å²) in [6, 6.07) is 4.96. The largest absolute Gasteiger partial charge is 0.331 e. The van der Waals surface area contributed by atoms with Crippen LogP contribution in [-0.2, 0) is 4.79 Å². The molecule has 20 heavy (non-hydrogen) atoms. The second-order valence-electron chi connectivity index (χ2n) is 6.03. The van der Waals surface area contributed by atoms with E-state index in [0.29, 0.717) is 12.5 Å². The molecule has 1 saturated carbocycles. The van der Waals surface area contributed by atoms with Gasteiger partial charge in [0.2, 0.25) is 5.91 Å². The van der Waals surface area contributed by atoms with Crippen molar-refractivity contribution >= 4 is 5.91 Å². The van der Waals surface area contributed by atoms with Crippen LogP contribution in [-0.4, -0.2) is 22.9 Å². The molecule has 1 saturated heterocycles.